The second kappa shape index (κ2) is 10.5. The molecule has 0 spiro atoms. The lowest BCUT2D eigenvalue weighted by atomic mass is 9.94. The van der Waals surface area contributed by atoms with Crippen LogP contribution in [-0.2, 0) is 9.59 Å². The Kier molecular flexibility index (Phi) is 7.48. The molecule has 164 valence electrons. The average molecular weight is 425 g/mol. The number of nitrogens with one attached hydrogen (secondary N) is 2. The van der Waals surface area contributed by atoms with Crippen LogP contribution in [0.3, 0.4) is 0 Å². The minimum absolute atomic E-state index is 0.0194. The van der Waals surface area contributed by atoms with Gasteiger partial charge in [0.05, 0.1) is 0 Å². The van der Waals surface area contributed by atoms with Crippen LogP contribution in [-0.4, -0.2) is 40.7 Å². The first kappa shape index (κ1) is 22.1. The molecule has 0 heterocycles. The van der Waals surface area contributed by atoms with Gasteiger partial charge in [-0.2, -0.15) is 0 Å². The largest absolute Gasteiger partial charge is 0.508 e. The fraction of sp³-hybridized carbons (Fsp3) is 0.348. The molecule has 3 rings (SSSR count). The summed E-state index contributed by atoms with van der Waals surface area (Å²) in [6.45, 7) is -0.490. The summed E-state index contributed by atoms with van der Waals surface area (Å²) < 4.78 is 0. The Balaban J connectivity index is 2.00. The number of phenolic OH excluding ortho intramolecular Hbond substituents is 1. The number of amides is 3. The lowest BCUT2D eigenvalue weighted by molar-refractivity contribution is -0.127. The predicted octanol–water partition coefficient (Wildman–Crippen LogP) is 3.18. The van der Waals surface area contributed by atoms with Crippen molar-refractivity contribution >= 4 is 23.6 Å². The van der Waals surface area contributed by atoms with Crippen LogP contribution in [0.1, 0.15) is 43.7 Å². The number of carboxylic acid groups (broad SMARTS) is 1. The monoisotopic (exact) mass is 425 g/mol. The van der Waals surface area contributed by atoms with Crippen LogP contribution < -0.4 is 15.5 Å². The van der Waals surface area contributed by atoms with E-state index in [1.807, 2.05) is 0 Å². The normalized spacial score (nSPS) is 15.0. The summed E-state index contributed by atoms with van der Waals surface area (Å²) in [6, 6.07) is 13.8. The van der Waals surface area contributed by atoms with Gasteiger partial charge in [0.1, 0.15) is 18.3 Å². The van der Waals surface area contributed by atoms with E-state index in [0.717, 1.165) is 32.1 Å². The van der Waals surface area contributed by atoms with Gasteiger partial charge in [0.2, 0.25) is 11.8 Å². The Bertz CT molecular complexity index is 912. The first-order chi connectivity index (χ1) is 15.0. The maximum absolute atomic E-state index is 13.5. The molecule has 1 fully saturated rings. The molecule has 1 saturated carbocycles. The quantitative estimate of drug-likeness (QED) is 0.543. The third-order valence-electron chi connectivity index (χ3n) is 5.34. The van der Waals surface area contributed by atoms with Gasteiger partial charge in [0.15, 0.2) is 0 Å². The SMILES string of the molecule is O=C(O)NCC(=O)N(c1ccccc1)C(C(=O)NC1CCCCC1)c1cccc(O)c1. The maximum Gasteiger partial charge on any atom is 0.405 e. The van der Waals surface area contributed by atoms with Crippen LogP contribution in [0.2, 0.25) is 0 Å². The first-order valence-corrected chi connectivity index (χ1v) is 10.4. The highest BCUT2D eigenvalue weighted by atomic mass is 16.4. The number of anilines is 1. The summed E-state index contributed by atoms with van der Waals surface area (Å²) in [7, 11) is 0. The van der Waals surface area contributed by atoms with Crippen LogP contribution in [0.25, 0.3) is 0 Å². The van der Waals surface area contributed by atoms with Crippen LogP contribution in [0.4, 0.5) is 10.5 Å². The summed E-state index contributed by atoms with van der Waals surface area (Å²) in [4.78, 5) is 38.8. The zero-order valence-electron chi connectivity index (χ0n) is 17.2. The second-order valence-corrected chi connectivity index (χ2v) is 7.60. The molecule has 2 aromatic rings. The van der Waals surface area contributed by atoms with Gasteiger partial charge in [0, 0.05) is 11.7 Å². The zero-order valence-corrected chi connectivity index (χ0v) is 17.2. The van der Waals surface area contributed by atoms with Gasteiger partial charge in [-0.1, -0.05) is 49.6 Å². The summed E-state index contributed by atoms with van der Waals surface area (Å²) in [5, 5.41) is 24.1. The third kappa shape index (κ3) is 5.97. The molecule has 31 heavy (non-hydrogen) atoms. The van der Waals surface area contributed by atoms with Crippen molar-refractivity contribution in [2.45, 2.75) is 44.2 Å². The topological polar surface area (TPSA) is 119 Å². The van der Waals surface area contributed by atoms with Crippen molar-refractivity contribution in [3.63, 3.8) is 0 Å². The Morgan fingerprint density at radius 2 is 1.71 bits per heavy atom. The number of aromatic hydroxyl groups is 1. The highest BCUT2D eigenvalue weighted by Gasteiger charge is 2.34. The Morgan fingerprint density at radius 1 is 1.00 bits per heavy atom. The van der Waals surface area contributed by atoms with E-state index in [1.54, 1.807) is 42.5 Å². The minimum atomic E-state index is -1.33. The minimum Gasteiger partial charge on any atom is -0.508 e. The molecule has 1 unspecified atom stereocenters. The number of para-hydroxylation sites is 1. The van der Waals surface area contributed by atoms with Crippen LogP contribution in [0, 0.1) is 0 Å². The van der Waals surface area contributed by atoms with E-state index in [4.69, 9.17) is 5.11 Å². The summed E-state index contributed by atoms with van der Waals surface area (Å²) in [5.74, 6) is -0.983. The molecule has 0 aliphatic heterocycles. The molecule has 1 aliphatic rings. The van der Waals surface area contributed by atoms with Gasteiger partial charge in [-0.3, -0.25) is 14.5 Å². The molecule has 1 atom stereocenters. The van der Waals surface area contributed by atoms with Gasteiger partial charge in [-0.25, -0.2) is 4.79 Å². The van der Waals surface area contributed by atoms with Gasteiger partial charge >= 0.3 is 6.09 Å². The molecule has 2 aromatic carbocycles. The molecule has 0 aromatic heterocycles. The molecule has 8 heteroatoms. The Morgan fingerprint density at radius 3 is 2.35 bits per heavy atom. The van der Waals surface area contributed by atoms with E-state index < -0.39 is 24.6 Å². The van der Waals surface area contributed by atoms with E-state index in [-0.39, 0.29) is 17.7 Å². The zero-order chi connectivity index (χ0) is 22.2. The molecule has 0 saturated heterocycles. The van der Waals surface area contributed by atoms with Crippen molar-refractivity contribution in [1.29, 1.82) is 0 Å². The van der Waals surface area contributed by atoms with Gasteiger partial charge in [-0.15, -0.1) is 0 Å². The van der Waals surface area contributed by atoms with Crippen LogP contribution >= 0.6 is 0 Å². The number of carbonyl (C=O) groups excluding carboxylic acids is 2. The molecule has 3 amide bonds. The number of rotatable bonds is 7. The molecular weight excluding hydrogens is 398 g/mol. The molecule has 0 bridgehead atoms. The fourth-order valence-electron chi connectivity index (χ4n) is 3.90. The molecule has 8 nitrogen and oxygen atoms in total. The Labute approximate surface area is 180 Å². The first-order valence-electron chi connectivity index (χ1n) is 10.4. The highest BCUT2D eigenvalue weighted by Crippen LogP contribution is 2.30. The number of nitrogens with zero attached hydrogens (tertiary/aromatic N) is 1. The number of benzene rings is 2. The lowest BCUT2D eigenvalue weighted by Crippen LogP contribution is -2.49. The lowest BCUT2D eigenvalue weighted by Gasteiger charge is -2.33. The standard InChI is InChI=1S/C23H27N3O5/c27-19-13-7-8-16(14-19)21(22(29)25-17-9-3-1-4-10-17)26(18-11-5-2-6-12-18)20(28)15-24-23(30)31/h2,5-8,11-14,17,21,24,27H,1,3-4,9-10,15H2,(H,25,29)(H,30,31). The second-order valence-electron chi connectivity index (χ2n) is 7.60. The summed E-state index contributed by atoms with van der Waals surface area (Å²) in [6.07, 6.45) is 3.62. The average Bonchev–Trinajstić information content (AvgIpc) is 2.77. The van der Waals surface area contributed by atoms with Gasteiger partial charge in [0.25, 0.3) is 0 Å². The number of hydrogen-bond donors (Lipinski definition) is 4. The molecular formula is C23H27N3O5. The number of hydrogen-bond acceptors (Lipinski definition) is 4. The molecule has 1 aliphatic carbocycles. The van der Waals surface area contributed by atoms with Crippen molar-refractivity contribution in [2.24, 2.45) is 0 Å². The Hall–Kier alpha value is -3.55. The molecule has 0 radical (unpaired) electrons. The maximum atomic E-state index is 13.5. The smallest absolute Gasteiger partial charge is 0.405 e. The number of phenols is 1. The number of carbonyl (C=O) groups is 3. The van der Waals surface area contributed by atoms with Crippen molar-refractivity contribution in [1.82, 2.24) is 10.6 Å². The fourth-order valence-corrected chi connectivity index (χ4v) is 3.90. The predicted molar refractivity (Wildman–Crippen MR) is 116 cm³/mol. The molecule has 4 N–H and O–H groups in total. The van der Waals surface area contributed by atoms with Crippen molar-refractivity contribution in [3.05, 3.63) is 60.2 Å². The van der Waals surface area contributed by atoms with Gasteiger partial charge in [-0.05, 0) is 42.7 Å². The summed E-state index contributed by atoms with van der Waals surface area (Å²) in [5.41, 5.74) is 0.882. The van der Waals surface area contributed by atoms with E-state index in [0.29, 0.717) is 11.3 Å². The van der Waals surface area contributed by atoms with E-state index >= 15 is 0 Å². The highest BCUT2D eigenvalue weighted by molar-refractivity contribution is 6.03. The van der Waals surface area contributed by atoms with Crippen molar-refractivity contribution < 1.29 is 24.6 Å². The van der Waals surface area contributed by atoms with Crippen molar-refractivity contribution in [3.8, 4) is 5.75 Å². The van der Waals surface area contributed by atoms with E-state index in [1.165, 1.54) is 17.0 Å². The van der Waals surface area contributed by atoms with E-state index in [2.05, 4.69) is 10.6 Å². The van der Waals surface area contributed by atoms with Gasteiger partial charge < -0.3 is 20.8 Å². The van der Waals surface area contributed by atoms with Crippen LogP contribution in [0.15, 0.2) is 54.6 Å². The third-order valence-corrected chi connectivity index (χ3v) is 5.34. The summed E-state index contributed by atoms with van der Waals surface area (Å²) >= 11 is 0. The van der Waals surface area contributed by atoms with Crippen molar-refractivity contribution in [2.75, 3.05) is 11.4 Å². The van der Waals surface area contributed by atoms with Crippen LogP contribution in [0.5, 0.6) is 5.75 Å². The van der Waals surface area contributed by atoms with E-state index in [9.17, 15) is 19.5 Å².